The van der Waals surface area contributed by atoms with Gasteiger partial charge in [-0.25, -0.2) is 0 Å². The molecular formula is C15H23NO4. The summed E-state index contributed by atoms with van der Waals surface area (Å²) in [5.41, 5.74) is -0.712. The maximum Gasteiger partial charge on any atom is 0.311 e. The molecule has 1 saturated heterocycles. The lowest BCUT2D eigenvalue weighted by Gasteiger charge is -2.24. The Morgan fingerprint density at radius 1 is 1.60 bits per heavy atom. The van der Waals surface area contributed by atoms with Crippen LogP contribution in [0.25, 0.3) is 0 Å². The number of carbonyl (C=O) groups excluding carboxylic acids is 1. The lowest BCUT2D eigenvalue weighted by atomic mass is 9.81. The quantitative estimate of drug-likeness (QED) is 0.594. The molecule has 0 radical (unpaired) electrons. The highest BCUT2D eigenvalue weighted by Crippen LogP contribution is 2.48. The lowest BCUT2D eigenvalue weighted by molar-refractivity contribution is -0.150. The van der Waals surface area contributed by atoms with Gasteiger partial charge >= 0.3 is 5.97 Å². The first-order valence-corrected chi connectivity index (χ1v) is 7.26. The van der Waals surface area contributed by atoms with Crippen LogP contribution in [0.4, 0.5) is 0 Å². The number of hydrogen-bond acceptors (Lipinski definition) is 3. The third-order valence-electron chi connectivity index (χ3n) is 4.65. The van der Waals surface area contributed by atoms with E-state index in [4.69, 9.17) is 4.74 Å². The Labute approximate surface area is 119 Å². The average Bonchev–Trinajstić information content (AvgIpc) is 2.95. The molecule has 1 N–H and O–H groups in total. The number of likely N-dealkylation sites (tertiary alicyclic amines) is 1. The number of fused-ring (bicyclic) bond motifs is 1. The highest BCUT2D eigenvalue weighted by molar-refractivity contribution is 5.83. The zero-order chi connectivity index (χ0) is 14.8. The number of carboxylic acids is 1. The number of rotatable bonds is 6. The van der Waals surface area contributed by atoms with Gasteiger partial charge in [-0.05, 0) is 32.1 Å². The second-order valence-electron chi connectivity index (χ2n) is 5.86. The Balaban J connectivity index is 1.96. The van der Waals surface area contributed by atoms with Crippen molar-refractivity contribution in [2.24, 2.45) is 11.3 Å². The van der Waals surface area contributed by atoms with E-state index < -0.39 is 17.5 Å². The maximum atomic E-state index is 12.3. The predicted octanol–water partition coefficient (Wildman–Crippen LogP) is 1.68. The van der Waals surface area contributed by atoms with E-state index in [1.165, 1.54) is 0 Å². The van der Waals surface area contributed by atoms with Crippen molar-refractivity contribution < 1.29 is 19.4 Å². The summed E-state index contributed by atoms with van der Waals surface area (Å²) < 4.78 is 5.46. The van der Waals surface area contributed by atoms with Crippen LogP contribution in [0.3, 0.4) is 0 Å². The van der Waals surface area contributed by atoms with Crippen molar-refractivity contribution in [1.29, 1.82) is 0 Å². The molecular weight excluding hydrogens is 258 g/mol. The molecule has 1 aliphatic heterocycles. The van der Waals surface area contributed by atoms with Gasteiger partial charge in [0, 0.05) is 13.1 Å². The molecule has 0 aromatic heterocycles. The van der Waals surface area contributed by atoms with Crippen molar-refractivity contribution >= 4 is 11.9 Å². The van der Waals surface area contributed by atoms with Gasteiger partial charge in [0.15, 0.2) is 0 Å². The number of carbonyl (C=O) groups is 2. The minimum absolute atomic E-state index is 0.0934. The first-order valence-electron chi connectivity index (χ1n) is 7.26. The molecule has 1 aliphatic carbocycles. The van der Waals surface area contributed by atoms with Gasteiger partial charge in [0.1, 0.15) is 6.10 Å². The van der Waals surface area contributed by atoms with Crippen LogP contribution in [0.1, 0.15) is 32.6 Å². The first-order chi connectivity index (χ1) is 9.51. The van der Waals surface area contributed by atoms with Gasteiger partial charge in [-0.15, -0.1) is 6.58 Å². The monoisotopic (exact) mass is 281 g/mol. The van der Waals surface area contributed by atoms with Gasteiger partial charge in [0.25, 0.3) is 5.91 Å². The molecule has 5 heteroatoms. The van der Waals surface area contributed by atoms with Crippen molar-refractivity contribution in [2.45, 2.75) is 38.7 Å². The molecule has 2 rings (SSSR count). The molecule has 5 nitrogen and oxygen atoms in total. The SMILES string of the molecule is C=CCCOC(C)C(=O)N1C[C@@H]2CCC[C@@]2(C(=O)O)C1. The molecule has 20 heavy (non-hydrogen) atoms. The van der Waals surface area contributed by atoms with E-state index in [1.807, 2.05) is 0 Å². The largest absolute Gasteiger partial charge is 0.481 e. The van der Waals surface area contributed by atoms with E-state index >= 15 is 0 Å². The van der Waals surface area contributed by atoms with Gasteiger partial charge in [-0.2, -0.15) is 0 Å². The van der Waals surface area contributed by atoms with Gasteiger partial charge in [-0.1, -0.05) is 12.5 Å². The molecule has 2 fully saturated rings. The number of aliphatic carboxylic acids is 1. The Hall–Kier alpha value is -1.36. The third kappa shape index (κ3) is 2.59. The number of nitrogens with zero attached hydrogens (tertiary/aromatic N) is 1. The highest BCUT2D eigenvalue weighted by Gasteiger charge is 2.56. The van der Waals surface area contributed by atoms with Gasteiger partial charge < -0.3 is 14.7 Å². The van der Waals surface area contributed by atoms with Crippen molar-refractivity contribution in [1.82, 2.24) is 4.90 Å². The van der Waals surface area contributed by atoms with Gasteiger partial charge in [0.2, 0.25) is 0 Å². The molecule has 0 bridgehead atoms. The number of amides is 1. The molecule has 1 saturated carbocycles. The minimum Gasteiger partial charge on any atom is -0.481 e. The summed E-state index contributed by atoms with van der Waals surface area (Å²) in [7, 11) is 0. The summed E-state index contributed by atoms with van der Waals surface area (Å²) in [5, 5.41) is 9.51. The van der Waals surface area contributed by atoms with E-state index in [1.54, 1.807) is 17.9 Å². The Morgan fingerprint density at radius 3 is 2.95 bits per heavy atom. The van der Waals surface area contributed by atoms with Crippen molar-refractivity contribution in [3.05, 3.63) is 12.7 Å². The maximum absolute atomic E-state index is 12.3. The van der Waals surface area contributed by atoms with E-state index in [2.05, 4.69) is 6.58 Å². The zero-order valence-corrected chi connectivity index (χ0v) is 12.0. The second kappa shape index (κ2) is 5.95. The molecule has 1 unspecified atom stereocenters. The number of hydrogen-bond donors (Lipinski definition) is 1. The van der Waals surface area contributed by atoms with Crippen LogP contribution in [-0.2, 0) is 14.3 Å². The molecule has 112 valence electrons. The van der Waals surface area contributed by atoms with E-state index in [-0.39, 0.29) is 11.8 Å². The molecule has 3 atom stereocenters. The molecule has 0 aromatic carbocycles. The minimum atomic E-state index is -0.754. The Morgan fingerprint density at radius 2 is 2.35 bits per heavy atom. The lowest BCUT2D eigenvalue weighted by Crippen LogP contribution is -2.41. The summed E-state index contributed by atoms with van der Waals surface area (Å²) in [5.74, 6) is -0.746. The van der Waals surface area contributed by atoms with Crippen LogP contribution in [0.2, 0.25) is 0 Å². The fraction of sp³-hybridized carbons (Fsp3) is 0.733. The summed E-state index contributed by atoms with van der Waals surface area (Å²) in [4.78, 5) is 25.6. The van der Waals surface area contributed by atoms with Crippen LogP contribution in [-0.4, -0.2) is 47.7 Å². The number of carboxylic acid groups (broad SMARTS) is 1. The molecule has 0 spiro atoms. The summed E-state index contributed by atoms with van der Waals surface area (Å²) >= 11 is 0. The fourth-order valence-corrected chi connectivity index (χ4v) is 3.46. The van der Waals surface area contributed by atoms with Crippen molar-refractivity contribution in [3.8, 4) is 0 Å². The Kier molecular flexibility index (Phi) is 4.48. The van der Waals surface area contributed by atoms with E-state index in [0.29, 0.717) is 32.5 Å². The molecule has 1 heterocycles. The van der Waals surface area contributed by atoms with Crippen LogP contribution in [0, 0.1) is 11.3 Å². The van der Waals surface area contributed by atoms with E-state index in [0.717, 1.165) is 12.8 Å². The van der Waals surface area contributed by atoms with Crippen LogP contribution in [0.15, 0.2) is 12.7 Å². The van der Waals surface area contributed by atoms with Crippen LogP contribution >= 0.6 is 0 Å². The normalized spacial score (nSPS) is 30.1. The molecule has 0 aromatic rings. The van der Waals surface area contributed by atoms with Crippen LogP contribution < -0.4 is 0 Å². The fourth-order valence-electron chi connectivity index (χ4n) is 3.46. The summed E-state index contributed by atoms with van der Waals surface area (Å²) in [6, 6.07) is 0. The van der Waals surface area contributed by atoms with Gasteiger partial charge in [0.05, 0.1) is 12.0 Å². The standard InChI is InChI=1S/C15H23NO4/c1-3-4-8-20-11(2)13(17)16-9-12-6-5-7-15(12,10-16)14(18)19/h3,11-12H,1,4-10H2,2H3,(H,18,19)/t11?,12-,15+/m0/s1. The summed E-state index contributed by atoms with van der Waals surface area (Å²) in [6.45, 7) is 6.70. The predicted molar refractivity (Wildman–Crippen MR) is 74.2 cm³/mol. The topological polar surface area (TPSA) is 66.8 Å². The number of ether oxygens (including phenoxy) is 1. The smallest absolute Gasteiger partial charge is 0.311 e. The van der Waals surface area contributed by atoms with Crippen molar-refractivity contribution in [3.63, 3.8) is 0 Å². The zero-order valence-electron chi connectivity index (χ0n) is 12.0. The Bertz CT molecular complexity index is 409. The third-order valence-corrected chi connectivity index (χ3v) is 4.65. The molecule has 2 aliphatic rings. The molecule has 1 amide bonds. The van der Waals surface area contributed by atoms with Crippen molar-refractivity contribution in [2.75, 3.05) is 19.7 Å². The van der Waals surface area contributed by atoms with E-state index in [9.17, 15) is 14.7 Å². The van der Waals surface area contributed by atoms with Gasteiger partial charge in [-0.3, -0.25) is 9.59 Å². The second-order valence-corrected chi connectivity index (χ2v) is 5.86. The summed E-state index contributed by atoms with van der Waals surface area (Å²) in [6.07, 6.45) is 4.48. The average molecular weight is 281 g/mol. The highest BCUT2D eigenvalue weighted by atomic mass is 16.5. The first kappa shape index (κ1) is 15.0. The van der Waals surface area contributed by atoms with Crippen LogP contribution in [0.5, 0.6) is 0 Å².